The maximum atomic E-state index is 12.2. The first-order chi connectivity index (χ1) is 8.47. The molecule has 1 aliphatic rings. The molecule has 1 fully saturated rings. The molecule has 18 heavy (non-hydrogen) atoms. The lowest BCUT2D eigenvalue weighted by Crippen LogP contribution is -2.29. The fourth-order valence-electron chi connectivity index (χ4n) is 2.00. The van der Waals surface area contributed by atoms with Crippen molar-refractivity contribution in [2.75, 3.05) is 0 Å². The van der Waals surface area contributed by atoms with Gasteiger partial charge in [-0.05, 0) is 12.8 Å². The Morgan fingerprint density at radius 1 is 1.39 bits per heavy atom. The smallest absolute Gasteiger partial charge is 0.349 e. The molecule has 1 aromatic rings. The summed E-state index contributed by atoms with van der Waals surface area (Å²) in [4.78, 5) is 14.9. The minimum atomic E-state index is -4.57. The van der Waals surface area contributed by atoms with E-state index in [0.29, 0.717) is 0 Å². The van der Waals surface area contributed by atoms with Gasteiger partial charge in [0.25, 0.3) is 5.82 Å². The number of nitrogens with zero attached hydrogens (tertiary/aromatic N) is 2. The second-order valence-electron chi connectivity index (χ2n) is 4.30. The van der Waals surface area contributed by atoms with Crippen LogP contribution in [0.5, 0.6) is 0 Å². The average Bonchev–Trinajstić information content (AvgIpc) is 2.96. The van der Waals surface area contributed by atoms with Crippen LogP contribution in [0.2, 0.25) is 0 Å². The average molecular weight is 262 g/mol. The Bertz CT molecular complexity index is 423. The van der Waals surface area contributed by atoms with E-state index < -0.39 is 12.0 Å². The molecule has 100 valence electrons. The monoisotopic (exact) mass is 262 g/mol. The van der Waals surface area contributed by atoms with Crippen molar-refractivity contribution < 1.29 is 18.0 Å². The summed E-state index contributed by atoms with van der Waals surface area (Å²) in [5.74, 6) is -1.35. The van der Waals surface area contributed by atoms with Crippen LogP contribution in [0.3, 0.4) is 0 Å². The number of amides is 1. The third kappa shape index (κ3) is 2.99. The van der Waals surface area contributed by atoms with E-state index in [1.165, 1.54) is 0 Å². The van der Waals surface area contributed by atoms with Gasteiger partial charge in [-0.2, -0.15) is 13.2 Å². The van der Waals surface area contributed by atoms with Crippen LogP contribution in [-0.2, 0) is 17.5 Å². The molecule has 0 radical (unpaired) electrons. The predicted molar refractivity (Wildman–Crippen MR) is 55.2 cm³/mol. The number of aromatic nitrogens is 3. The lowest BCUT2D eigenvalue weighted by Gasteiger charge is -2.08. The van der Waals surface area contributed by atoms with Crippen molar-refractivity contribution in [3.8, 4) is 0 Å². The normalized spacial score (nSPS) is 17.1. The Morgan fingerprint density at radius 3 is 2.61 bits per heavy atom. The van der Waals surface area contributed by atoms with E-state index in [4.69, 9.17) is 0 Å². The maximum absolute atomic E-state index is 12.2. The molecular weight excluding hydrogens is 249 g/mol. The Balaban J connectivity index is 1.86. The van der Waals surface area contributed by atoms with Crippen molar-refractivity contribution in [1.82, 2.24) is 20.5 Å². The lowest BCUT2D eigenvalue weighted by atomic mass is 10.1. The highest BCUT2D eigenvalue weighted by atomic mass is 19.4. The highest BCUT2D eigenvalue weighted by molar-refractivity contribution is 5.78. The SMILES string of the molecule is O=C(NCc1nc(C(F)(F)F)n[nH]1)C1CCCC1. The summed E-state index contributed by atoms with van der Waals surface area (Å²) in [6, 6.07) is 0. The molecule has 2 rings (SSSR count). The van der Waals surface area contributed by atoms with Gasteiger partial charge in [-0.15, -0.1) is 5.10 Å². The Hall–Kier alpha value is -1.60. The highest BCUT2D eigenvalue weighted by Crippen LogP contribution is 2.26. The van der Waals surface area contributed by atoms with Crippen LogP contribution >= 0.6 is 0 Å². The van der Waals surface area contributed by atoms with Crippen LogP contribution in [0.15, 0.2) is 0 Å². The number of alkyl halides is 3. The predicted octanol–water partition coefficient (Wildman–Crippen LogP) is 1.63. The quantitative estimate of drug-likeness (QED) is 0.869. The van der Waals surface area contributed by atoms with Crippen LogP contribution < -0.4 is 5.32 Å². The summed E-state index contributed by atoms with van der Waals surface area (Å²) in [7, 11) is 0. The van der Waals surface area contributed by atoms with Crippen molar-refractivity contribution in [3.63, 3.8) is 0 Å². The molecule has 0 spiro atoms. The largest absolute Gasteiger partial charge is 0.453 e. The molecule has 1 heterocycles. The zero-order chi connectivity index (χ0) is 13.2. The molecule has 0 aromatic carbocycles. The first-order valence-electron chi connectivity index (χ1n) is 5.73. The van der Waals surface area contributed by atoms with Crippen LogP contribution in [0.25, 0.3) is 0 Å². The number of carbonyl (C=O) groups excluding carboxylic acids is 1. The highest BCUT2D eigenvalue weighted by Gasteiger charge is 2.36. The summed E-state index contributed by atoms with van der Waals surface area (Å²) in [6.45, 7) is -0.0571. The van der Waals surface area contributed by atoms with Gasteiger partial charge in [0.15, 0.2) is 0 Å². The van der Waals surface area contributed by atoms with E-state index in [-0.39, 0.29) is 24.2 Å². The summed E-state index contributed by atoms with van der Waals surface area (Å²) in [6.07, 6.45) is -0.826. The number of carbonyl (C=O) groups is 1. The summed E-state index contributed by atoms with van der Waals surface area (Å²) in [5.41, 5.74) is 0. The van der Waals surface area contributed by atoms with Crippen LogP contribution in [-0.4, -0.2) is 21.1 Å². The van der Waals surface area contributed by atoms with Crippen molar-refractivity contribution in [1.29, 1.82) is 0 Å². The fourth-order valence-corrected chi connectivity index (χ4v) is 2.00. The number of nitrogens with one attached hydrogen (secondary N) is 2. The molecule has 8 heteroatoms. The van der Waals surface area contributed by atoms with Crippen LogP contribution in [0, 0.1) is 5.92 Å². The molecule has 5 nitrogen and oxygen atoms in total. The Labute approximate surface area is 101 Å². The van der Waals surface area contributed by atoms with Gasteiger partial charge in [0.05, 0.1) is 6.54 Å². The third-order valence-electron chi connectivity index (χ3n) is 2.94. The van der Waals surface area contributed by atoms with Gasteiger partial charge in [-0.3, -0.25) is 9.89 Å². The molecule has 0 aliphatic heterocycles. The summed E-state index contributed by atoms with van der Waals surface area (Å²) >= 11 is 0. The standard InChI is InChI=1S/C10H13F3N4O/c11-10(12,13)9-15-7(16-17-9)5-14-8(18)6-3-1-2-4-6/h6H,1-5H2,(H,14,18)(H,15,16,17). The fraction of sp³-hybridized carbons (Fsp3) is 0.700. The second kappa shape index (κ2) is 4.95. The number of H-pyrrole nitrogens is 1. The maximum Gasteiger partial charge on any atom is 0.453 e. The third-order valence-corrected chi connectivity index (χ3v) is 2.94. The second-order valence-corrected chi connectivity index (χ2v) is 4.30. The zero-order valence-electron chi connectivity index (χ0n) is 9.55. The van der Waals surface area contributed by atoms with E-state index in [1.54, 1.807) is 0 Å². The van der Waals surface area contributed by atoms with E-state index >= 15 is 0 Å². The summed E-state index contributed by atoms with van der Waals surface area (Å²) in [5, 5.41) is 7.78. The molecular formula is C10H13F3N4O. The van der Waals surface area contributed by atoms with Gasteiger partial charge in [-0.1, -0.05) is 12.8 Å². The minimum Gasteiger partial charge on any atom is -0.349 e. The van der Waals surface area contributed by atoms with Crippen molar-refractivity contribution >= 4 is 5.91 Å². The molecule has 1 amide bonds. The topological polar surface area (TPSA) is 70.7 Å². The minimum absolute atomic E-state index is 0.00803. The Kier molecular flexibility index (Phi) is 3.53. The van der Waals surface area contributed by atoms with Gasteiger partial charge in [0.2, 0.25) is 5.91 Å². The summed E-state index contributed by atoms with van der Waals surface area (Å²) < 4.78 is 36.6. The first kappa shape index (κ1) is 12.8. The zero-order valence-corrected chi connectivity index (χ0v) is 9.55. The molecule has 1 aliphatic carbocycles. The number of hydrogen-bond acceptors (Lipinski definition) is 3. The van der Waals surface area contributed by atoms with Crippen molar-refractivity contribution in [3.05, 3.63) is 11.6 Å². The van der Waals surface area contributed by atoms with Gasteiger partial charge < -0.3 is 5.32 Å². The molecule has 1 saturated carbocycles. The first-order valence-corrected chi connectivity index (χ1v) is 5.73. The van der Waals surface area contributed by atoms with Gasteiger partial charge in [-0.25, -0.2) is 4.98 Å². The Morgan fingerprint density at radius 2 is 2.06 bits per heavy atom. The number of rotatable bonds is 3. The lowest BCUT2D eigenvalue weighted by molar-refractivity contribution is -0.144. The van der Waals surface area contributed by atoms with Crippen molar-refractivity contribution in [2.45, 2.75) is 38.4 Å². The molecule has 0 bridgehead atoms. The van der Waals surface area contributed by atoms with Gasteiger partial charge in [0, 0.05) is 5.92 Å². The molecule has 2 N–H and O–H groups in total. The molecule has 0 atom stereocenters. The molecule has 1 aromatic heterocycles. The molecule has 0 unspecified atom stereocenters. The van der Waals surface area contributed by atoms with Crippen molar-refractivity contribution in [2.24, 2.45) is 5.92 Å². The molecule has 0 saturated heterocycles. The van der Waals surface area contributed by atoms with E-state index in [2.05, 4.69) is 20.5 Å². The number of aromatic amines is 1. The van der Waals surface area contributed by atoms with E-state index in [9.17, 15) is 18.0 Å². The van der Waals surface area contributed by atoms with Crippen LogP contribution in [0.1, 0.15) is 37.3 Å². The van der Waals surface area contributed by atoms with Gasteiger partial charge >= 0.3 is 6.18 Å². The van der Waals surface area contributed by atoms with Crippen LogP contribution in [0.4, 0.5) is 13.2 Å². The van der Waals surface area contributed by atoms with E-state index in [0.717, 1.165) is 25.7 Å². The van der Waals surface area contributed by atoms with Gasteiger partial charge in [0.1, 0.15) is 5.82 Å². The number of halogens is 3. The van der Waals surface area contributed by atoms with E-state index in [1.807, 2.05) is 0 Å². The number of hydrogen-bond donors (Lipinski definition) is 2.